The van der Waals surface area contributed by atoms with Crippen molar-refractivity contribution in [2.24, 2.45) is 4.99 Å². The molecule has 0 saturated heterocycles. The molecule has 0 N–H and O–H groups in total. The number of nitrogens with zero attached hydrogens (tertiary/aromatic N) is 2. The first-order chi connectivity index (χ1) is 11.4. The lowest BCUT2D eigenvalue weighted by molar-refractivity contribution is 0.395. The van der Waals surface area contributed by atoms with Crippen LogP contribution in [0, 0.1) is 0 Å². The topological polar surface area (TPSA) is 24.8 Å². The smallest absolute Gasteiger partial charge is 0.121 e. The summed E-state index contributed by atoms with van der Waals surface area (Å²) in [6, 6.07) is 14.4. The molecule has 24 heavy (non-hydrogen) atoms. The van der Waals surface area contributed by atoms with E-state index in [2.05, 4.69) is 55.9 Å². The highest BCUT2D eigenvalue weighted by molar-refractivity contribution is 5.83. The van der Waals surface area contributed by atoms with Crippen molar-refractivity contribution in [2.75, 3.05) is 19.1 Å². The second kappa shape index (κ2) is 6.31. The Morgan fingerprint density at radius 1 is 1.21 bits per heavy atom. The van der Waals surface area contributed by atoms with Crippen molar-refractivity contribution in [3.63, 3.8) is 0 Å². The molecule has 126 valence electrons. The SMILES string of the molecule is COc1cccc(N=Cc2ccc3c(c2)C(C)CC(C)(C)N3C)c1. The second-order valence-corrected chi connectivity index (χ2v) is 7.25. The third-order valence-electron chi connectivity index (χ3n) is 5.07. The largest absolute Gasteiger partial charge is 0.497 e. The Labute approximate surface area is 145 Å². The van der Waals surface area contributed by atoms with Gasteiger partial charge in [-0.3, -0.25) is 4.99 Å². The van der Waals surface area contributed by atoms with Crippen LogP contribution >= 0.6 is 0 Å². The molecule has 2 aromatic rings. The van der Waals surface area contributed by atoms with Gasteiger partial charge < -0.3 is 9.64 Å². The summed E-state index contributed by atoms with van der Waals surface area (Å²) in [5, 5.41) is 0. The van der Waals surface area contributed by atoms with Crippen molar-refractivity contribution in [1.29, 1.82) is 0 Å². The van der Waals surface area contributed by atoms with Gasteiger partial charge in [0, 0.05) is 30.6 Å². The van der Waals surface area contributed by atoms with E-state index in [0.29, 0.717) is 5.92 Å². The molecule has 0 saturated carbocycles. The first kappa shape index (κ1) is 16.6. The lowest BCUT2D eigenvalue weighted by Crippen LogP contribution is -2.45. The van der Waals surface area contributed by atoms with E-state index in [-0.39, 0.29) is 5.54 Å². The minimum Gasteiger partial charge on any atom is -0.497 e. The van der Waals surface area contributed by atoms with E-state index in [0.717, 1.165) is 23.4 Å². The molecule has 0 fully saturated rings. The molecule has 0 amide bonds. The molecule has 1 aliphatic heterocycles. The zero-order valence-corrected chi connectivity index (χ0v) is 15.2. The van der Waals surface area contributed by atoms with Gasteiger partial charge in [0.05, 0.1) is 12.8 Å². The quantitative estimate of drug-likeness (QED) is 0.728. The first-order valence-corrected chi connectivity index (χ1v) is 8.46. The van der Waals surface area contributed by atoms with E-state index in [1.165, 1.54) is 11.3 Å². The van der Waals surface area contributed by atoms with E-state index >= 15 is 0 Å². The summed E-state index contributed by atoms with van der Waals surface area (Å²) < 4.78 is 5.25. The molecular weight excluding hydrogens is 296 g/mol. The van der Waals surface area contributed by atoms with Gasteiger partial charge in [-0.1, -0.05) is 19.1 Å². The number of anilines is 1. The van der Waals surface area contributed by atoms with Gasteiger partial charge in [-0.25, -0.2) is 0 Å². The molecule has 3 nitrogen and oxygen atoms in total. The first-order valence-electron chi connectivity index (χ1n) is 8.46. The van der Waals surface area contributed by atoms with Gasteiger partial charge >= 0.3 is 0 Å². The lowest BCUT2D eigenvalue weighted by Gasteiger charge is -2.45. The fourth-order valence-corrected chi connectivity index (χ4v) is 3.52. The number of methoxy groups -OCH3 is 1. The predicted molar refractivity (Wildman–Crippen MR) is 102 cm³/mol. The molecule has 1 unspecified atom stereocenters. The van der Waals surface area contributed by atoms with E-state index in [4.69, 9.17) is 4.74 Å². The van der Waals surface area contributed by atoms with Crippen molar-refractivity contribution >= 4 is 17.6 Å². The van der Waals surface area contributed by atoms with Gasteiger partial charge in [0.2, 0.25) is 0 Å². The summed E-state index contributed by atoms with van der Waals surface area (Å²) in [5.74, 6) is 1.38. The van der Waals surface area contributed by atoms with Gasteiger partial charge in [-0.05, 0) is 61.6 Å². The van der Waals surface area contributed by atoms with Gasteiger partial charge in [-0.15, -0.1) is 0 Å². The summed E-state index contributed by atoms with van der Waals surface area (Å²) in [6.45, 7) is 6.94. The number of hydrogen-bond acceptors (Lipinski definition) is 3. The van der Waals surface area contributed by atoms with E-state index in [1.807, 2.05) is 30.5 Å². The van der Waals surface area contributed by atoms with Crippen LogP contribution in [0.3, 0.4) is 0 Å². The Kier molecular flexibility index (Phi) is 4.35. The molecule has 3 rings (SSSR count). The summed E-state index contributed by atoms with van der Waals surface area (Å²) in [7, 11) is 3.86. The Morgan fingerprint density at radius 2 is 2.00 bits per heavy atom. The van der Waals surface area contributed by atoms with Crippen molar-refractivity contribution in [2.45, 2.75) is 38.6 Å². The van der Waals surface area contributed by atoms with Crippen LogP contribution < -0.4 is 9.64 Å². The molecule has 1 heterocycles. The fourth-order valence-electron chi connectivity index (χ4n) is 3.52. The average Bonchev–Trinajstić information content (AvgIpc) is 2.58. The van der Waals surface area contributed by atoms with Crippen LogP contribution in [0.2, 0.25) is 0 Å². The maximum absolute atomic E-state index is 5.25. The van der Waals surface area contributed by atoms with Crippen LogP contribution in [0.4, 0.5) is 11.4 Å². The Bertz CT molecular complexity index is 764. The second-order valence-electron chi connectivity index (χ2n) is 7.25. The van der Waals surface area contributed by atoms with Gasteiger partial charge in [0.1, 0.15) is 5.75 Å². The van der Waals surface area contributed by atoms with Crippen molar-refractivity contribution in [3.8, 4) is 5.75 Å². The minimum absolute atomic E-state index is 0.197. The van der Waals surface area contributed by atoms with Crippen LogP contribution in [0.15, 0.2) is 47.5 Å². The molecule has 0 spiro atoms. The highest BCUT2D eigenvalue weighted by Crippen LogP contribution is 2.42. The Hall–Kier alpha value is -2.29. The van der Waals surface area contributed by atoms with Gasteiger partial charge in [0.15, 0.2) is 0 Å². The monoisotopic (exact) mass is 322 g/mol. The zero-order chi connectivity index (χ0) is 17.3. The maximum atomic E-state index is 5.25. The number of fused-ring (bicyclic) bond motifs is 1. The number of aliphatic imine (C=N–C) groups is 1. The van der Waals surface area contributed by atoms with Crippen molar-refractivity contribution in [3.05, 3.63) is 53.6 Å². The van der Waals surface area contributed by atoms with Crippen LogP contribution in [0.1, 0.15) is 44.2 Å². The number of benzene rings is 2. The molecular formula is C21H26N2O. The lowest BCUT2D eigenvalue weighted by atomic mass is 9.80. The third-order valence-corrected chi connectivity index (χ3v) is 5.07. The van der Waals surface area contributed by atoms with Crippen molar-refractivity contribution in [1.82, 2.24) is 0 Å². The molecule has 0 bridgehead atoms. The minimum atomic E-state index is 0.197. The summed E-state index contributed by atoms with van der Waals surface area (Å²) in [5.41, 5.74) is 4.97. The fraction of sp³-hybridized carbons (Fsp3) is 0.381. The summed E-state index contributed by atoms with van der Waals surface area (Å²) in [6.07, 6.45) is 3.09. The highest BCUT2D eigenvalue weighted by Gasteiger charge is 2.33. The van der Waals surface area contributed by atoms with Crippen molar-refractivity contribution < 1.29 is 4.74 Å². The van der Waals surface area contributed by atoms with E-state index in [1.54, 1.807) is 7.11 Å². The van der Waals surface area contributed by atoms with Gasteiger partial charge in [-0.2, -0.15) is 0 Å². The van der Waals surface area contributed by atoms with E-state index in [9.17, 15) is 0 Å². The number of ether oxygens (including phenoxy) is 1. The molecule has 0 radical (unpaired) electrons. The maximum Gasteiger partial charge on any atom is 0.121 e. The summed E-state index contributed by atoms with van der Waals surface area (Å²) >= 11 is 0. The van der Waals surface area contributed by atoms with Crippen LogP contribution in [0.25, 0.3) is 0 Å². The highest BCUT2D eigenvalue weighted by atomic mass is 16.5. The molecule has 2 aromatic carbocycles. The predicted octanol–water partition coefficient (Wildman–Crippen LogP) is 5.17. The standard InChI is InChI=1S/C21H26N2O/c1-15-13-21(2,3)23(4)20-10-9-16(11-19(15)20)14-22-17-7-6-8-18(12-17)24-5/h6-12,14-15H,13H2,1-5H3. The third kappa shape index (κ3) is 3.16. The van der Waals surface area contributed by atoms with Crippen LogP contribution in [0.5, 0.6) is 5.75 Å². The van der Waals surface area contributed by atoms with E-state index < -0.39 is 0 Å². The molecule has 1 atom stereocenters. The Balaban J connectivity index is 1.89. The molecule has 1 aliphatic rings. The van der Waals surface area contributed by atoms with Gasteiger partial charge in [0.25, 0.3) is 0 Å². The molecule has 3 heteroatoms. The summed E-state index contributed by atoms with van der Waals surface area (Å²) in [4.78, 5) is 6.98. The number of hydrogen-bond donors (Lipinski definition) is 0. The normalized spacial score (nSPS) is 19.4. The zero-order valence-electron chi connectivity index (χ0n) is 15.2. The average molecular weight is 322 g/mol. The molecule has 0 aromatic heterocycles. The molecule has 0 aliphatic carbocycles. The van der Waals surface area contributed by atoms with Crippen LogP contribution in [-0.4, -0.2) is 25.9 Å². The number of rotatable bonds is 3. The Morgan fingerprint density at radius 3 is 2.75 bits per heavy atom. The van der Waals surface area contributed by atoms with Crippen LogP contribution in [-0.2, 0) is 0 Å².